The number of H-pyrrole nitrogens is 1. The van der Waals surface area contributed by atoms with Crippen LogP contribution in [-0.4, -0.2) is 55.1 Å². The van der Waals surface area contributed by atoms with Crippen molar-refractivity contribution in [3.05, 3.63) is 81.7 Å². The van der Waals surface area contributed by atoms with Crippen LogP contribution in [0.3, 0.4) is 0 Å². The Balaban J connectivity index is 1.55. The SMILES string of the molecule is CCC(CC)(C(=O)O)[C@H]1CC[C@@H](c2cccc(F)c2)N1C(=O)[C@@H](C)NC(=O)c1ccc(Oc2cc(C)n[nH]c2=O)nc1. The van der Waals surface area contributed by atoms with E-state index in [-0.39, 0.29) is 17.2 Å². The standard InChI is InChI=1S/C30H34FN5O6/c1-5-30(6-2,29(40)41)24-12-11-22(19-8-7-9-21(31)15-19)36(24)28(39)18(4)33-26(37)20-10-13-25(32-16-20)42-23-14-17(3)34-35-27(23)38/h7-10,13-16,18,22,24H,5-6,11-12H2,1-4H3,(H,33,37)(H,35,38)(H,40,41)/t18-,22+,24-/m1/s1. The second-order valence-electron chi connectivity index (χ2n) is 10.5. The number of aromatic amines is 1. The van der Waals surface area contributed by atoms with Crippen molar-refractivity contribution in [2.24, 2.45) is 5.41 Å². The van der Waals surface area contributed by atoms with Crippen molar-refractivity contribution in [1.29, 1.82) is 0 Å². The monoisotopic (exact) mass is 579 g/mol. The molecule has 1 aromatic carbocycles. The number of halogens is 1. The fourth-order valence-electron chi connectivity index (χ4n) is 5.68. The quantitative estimate of drug-likeness (QED) is 0.324. The summed E-state index contributed by atoms with van der Waals surface area (Å²) in [4.78, 5) is 57.1. The van der Waals surface area contributed by atoms with Crippen LogP contribution in [0.5, 0.6) is 11.6 Å². The van der Waals surface area contributed by atoms with Gasteiger partial charge in [0.25, 0.3) is 5.91 Å². The van der Waals surface area contributed by atoms with E-state index in [0.29, 0.717) is 36.9 Å². The molecule has 1 saturated heterocycles. The average molecular weight is 580 g/mol. The molecule has 42 heavy (non-hydrogen) atoms. The maximum atomic E-state index is 14.2. The number of likely N-dealkylation sites (tertiary alicyclic amines) is 1. The number of nitrogens with zero attached hydrogens (tertiary/aromatic N) is 3. The highest BCUT2D eigenvalue weighted by atomic mass is 19.1. The minimum Gasteiger partial charge on any atom is -0.481 e. The van der Waals surface area contributed by atoms with Crippen molar-refractivity contribution in [2.75, 3.05) is 0 Å². The van der Waals surface area contributed by atoms with Gasteiger partial charge in [-0.15, -0.1) is 0 Å². The summed E-state index contributed by atoms with van der Waals surface area (Å²) in [5, 5.41) is 19.0. The number of aromatic nitrogens is 3. The Hall–Kier alpha value is -4.61. The number of amides is 2. The van der Waals surface area contributed by atoms with E-state index in [1.807, 2.05) is 0 Å². The van der Waals surface area contributed by atoms with E-state index >= 15 is 0 Å². The number of carboxylic acid groups (broad SMARTS) is 1. The van der Waals surface area contributed by atoms with Gasteiger partial charge in [-0.3, -0.25) is 19.2 Å². The summed E-state index contributed by atoms with van der Waals surface area (Å²) in [6.07, 6.45) is 2.74. The number of rotatable bonds is 10. The molecule has 1 fully saturated rings. The van der Waals surface area contributed by atoms with Crippen LogP contribution in [0.1, 0.15) is 74.1 Å². The van der Waals surface area contributed by atoms with E-state index in [4.69, 9.17) is 4.74 Å². The summed E-state index contributed by atoms with van der Waals surface area (Å²) < 4.78 is 19.7. The Labute approximate surface area is 242 Å². The Kier molecular flexibility index (Phi) is 9.03. The number of carbonyl (C=O) groups excluding carboxylic acids is 2. The highest BCUT2D eigenvalue weighted by molar-refractivity contribution is 5.97. The van der Waals surface area contributed by atoms with Gasteiger partial charge in [0.05, 0.1) is 22.7 Å². The van der Waals surface area contributed by atoms with Gasteiger partial charge in [-0.2, -0.15) is 5.10 Å². The van der Waals surface area contributed by atoms with E-state index < -0.39 is 52.7 Å². The maximum Gasteiger partial charge on any atom is 0.311 e. The molecule has 0 spiro atoms. The molecule has 0 radical (unpaired) electrons. The topological polar surface area (TPSA) is 155 Å². The van der Waals surface area contributed by atoms with Crippen molar-refractivity contribution in [3.63, 3.8) is 0 Å². The second-order valence-corrected chi connectivity index (χ2v) is 10.5. The zero-order valence-corrected chi connectivity index (χ0v) is 23.9. The van der Waals surface area contributed by atoms with Gasteiger partial charge in [0, 0.05) is 24.4 Å². The normalized spacial score (nSPS) is 17.5. The third-order valence-electron chi connectivity index (χ3n) is 8.03. The fourth-order valence-corrected chi connectivity index (χ4v) is 5.68. The Morgan fingerprint density at radius 1 is 1.19 bits per heavy atom. The van der Waals surface area contributed by atoms with E-state index in [0.717, 1.165) is 0 Å². The lowest BCUT2D eigenvalue weighted by Gasteiger charge is -2.42. The van der Waals surface area contributed by atoms with Crippen LogP contribution in [0.25, 0.3) is 0 Å². The second kappa shape index (κ2) is 12.5. The first-order chi connectivity index (χ1) is 20.0. The lowest BCUT2D eigenvalue weighted by Crippen LogP contribution is -2.55. The summed E-state index contributed by atoms with van der Waals surface area (Å²) in [6, 6.07) is 8.02. The lowest BCUT2D eigenvalue weighted by molar-refractivity contribution is -0.157. The molecule has 3 heterocycles. The molecule has 222 valence electrons. The third-order valence-corrected chi connectivity index (χ3v) is 8.03. The number of carboxylic acids is 1. The van der Waals surface area contributed by atoms with Crippen LogP contribution in [0, 0.1) is 18.2 Å². The summed E-state index contributed by atoms with van der Waals surface area (Å²) in [5.74, 6) is -2.42. The van der Waals surface area contributed by atoms with Crippen LogP contribution in [-0.2, 0) is 9.59 Å². The number of aryl methyl sites for hydroxylation is 1. The lowest BCUT2D eigenvalue weighted by atomic mass is 9.74. The van der Waals surface area contributed by atoms with E-state index in [2.05, 4.69) is 20.5 Å². The molecule has 3 atom stereocenters. The molecule has 2 aromatic heterocycles. The molecular formula is C30H34FN5O6. The summed E-state index contributed by atoms with van der Waals surface area (Å²) >= 11 is 0. The first-order valence-corrected chi connectivity index (χ1v) is 13.8. The molecule has 4 rings (SSSR count). The molecule has 3 N–H and O–H groups in total. The van der Waals surface area contributed by atoms with Crippen molar-refractivity contribution in [2.45, 2.75) is 71.5 Å². The van der Waals surface area contributed by atoms with Crippen molar-refractivity contribution >= 4 is 17.8 Å². The highest BCUT2D eigenvalue weighted by Gasteiger charge is 2.52. The first-order valence-electron chi connectivity index (χ1n) is 13.8. The number of benzene rings is 1. The van der Waals surface area contributed by atoms with E-state index in [1.165, 1.54) is 48.4 Å². The summed E-state index contributed by atoms with van der Waals surface area (Å²) in [6.45, 7) is 6.78. The number of nitrogens with one attached hydrogen (secondary N) is 2. The molecule has 0 saturated carbocycles. The average Bonchev–Trinajstić information content (AvgIpc) is 3.41. The minimum absolute atomic E-state index is 0.00367. The first kappa shape index (κ1) is 30.4. The maximum absolute atomic E-state index is 14.2. The summed E-state index contributed by atoms with van der Waals surface area (Å²) in [5.41, 5.74) is -0.484. The van der Waals surface area contributed by atoms with Crippen LogP contribution >= 0.6 is 0 Å². The van der Waals surface area contributed by atoms with Crippen LogP contribution in [0.2, 0.25) is 0 Å². The predicted octanol–water partition coefficient (Wildman–Crippen LogP) is 4.15. The predicted molar refractivity (Wildman–Crippen MR) is 150 cm³/mol. The van der Waals surface area contributed by atoms with Gasteiger partial charge < -0.3 is 20.1 Å². The number of carbonyl (C=O) groups is 3. The summed E-state index contributed by atoms with van der Waals surface area (Å²) in [7, 11) is 0. The molecular weight excluding hydrogens is 545 g/mol. The van der Waals surface area contributed by atoms with Crippen LogP contribution in [0.4, 0.5) is 4.39 Å². The molecule has 0 aliphatic carbocycles. The Morgan fingerprint density at radius 2 is 1.93 bits per heavy atom. The fraction of sp³-hybridized carbons (Fsp3) is 0.400. The molecule has 0 bridgehead atoms. The highest BCUT2D eigenvalue weighted by Crippen LogP contribution is 2.47. The minimum atomic E-state index is -1.20. The van der Waals surface area contributed by atoms with Gasteiger partial charge in [0.15, 0.2) is 5.75 Å². The number of pyridine rings is 1. The van der Waals surface area contributed by atoms with Gasteiger partial charge in [-0.1, -0.05) is 26.0 Å². The van der Waals surface area contributed by atoms with Crippen molar-refractivity contribution in [1.82, 2.24) is 25.4 Å². The van der Waals surface area contributed by atoms with E-state index in [1.54, 1.807) is 32.9 Å². The van der Waals surface area contributed by atoms with Crippen LogP contribution < -0.4 is 15.6 Å². The van der Waals surface area contributed by atoms with Crippen molar-refractivity contribution < 1.29 is 28.6 Å². The zero-order valence-electron chi connectivity index (χ0n) is 23.9. The van der Waals surface area contributed by atoms with Crippen molar-refractivity contribution in [3.8, 4) is 11.6 Å². The number of ether oxygens (including phenoxy) is 1. The Morgan fingerprint density at radius 3 is 2.55 bits per heavy atom. The molecule has 3 aromatic rings. The van der Waals surface area contributed by atoms with E-state index in [9.17, 15) is 28.7 Å². The van der Waals surface area contributed by atoms with Gasteiger partial charge in [-0.25, -0.2) is 14.5 Å². The smallest absolute Gasteiger partial charge is 0.311 e. The van der Waals surface area contributed by atoms with Crippen LogP contribution in [0.15, 0.2) is 53.5 Å². The number of aliphatic carboxylic acids is 1. The van der Waals surface area contributed by atoms with Gasteiger partial charge in [-0.05, 0) is 63.3 Å². The molecule has 1 aliphatic rings. The number of hydrogen-bond donors (Lipinski definition) is 3. The largest absolute Gasteiger partial charge is 0.481 e. The molecule has 11 nitrogen and oxygen atoms in total. The number of hydrogen-bond acceptors (Lipinski definition) is 7. The van der Waals surface area contributed by atoms with Gasteiger partial charge in [0.1, 0.15) is 11.9 Å². The molecule has 0 unspecified atom stereocenters. The van der Waals surface area contributed by atoms with Gasteiger partial charge in [0.2, 0.25) is 11.8 Å². The Bertz CT molecular complexity index is 1520. The molecule has 1 aliphatic heterocycles. The molecule has 12 heteroatoms. The third kappa shape index (κ3) is 6.02. The van der Waals surface area contributed by atoms with Gasteiger partial charge >= 0.3 is 11.5 Å². The molecule has 2 amide bonds. The zero-order chi connectivity index (χ0) is 30.6.